The smallest absolute Gasteiger partial charge is 0.122 e. The van der Waals surface area contributed by atoms with Gasteiger partial charge in [-0.05, 0) is 11.6 Å². The Morgan fingerprint density at radius 3 is 3.17 bits per heavy atom. The molecule has 0 atom stereocenters. The van der Waals surface area contributed by atoms with Crippen LogP contribution < -0.4 is 10.1 Å². The van der Waals surface area contributed by atoms with Crippen LogP contribution in [0.25, 0.3) is 16.5 Å². The molecule has 0 aliphatic carbocycles. The van der Waals surface area contributed by atoms with Gasteiger partial charge in [-0.2, -0.15) is 5.11 Å². The lowest BCUT2D eigenvalue weighted by Crippen LogP contribution is -2.06. The molecule has 1 heterocycles. The zero-order valence-electron chi connectivity index (χ0n) is 9.63. The van der Waals surface area contributed by atoms with Gasteiger partial charge in [0.25, 0.3) is 0 Å². The molecule has 1 aromatic rings. The lowest BCUT2D eigenvalue weighted by Gasteiger charge is -2.16. The maximum absolute atomic E-state index is 8.15. The van der Waals surface area contributed by atoms with Crippen LogP contribution in [0.15, 0.2) is 28.4 Å². The predicted octanol–water partition coefficient (Wildman–Crippen LogP) is 3.48. The molecule has 2 N–H and O–H groups in total. The minimum atomic E-state index is 0.273. The van der Waals surface area contributed by atoms with Gasteiger partial charge in [0, 0.05) is 23.1 Å². The van der Waals surface area contributed by atoms with Crippen LogP contribution in [0, 0.1) is 5.53 Å². The Kier molecular flexibility index (Phi) is 3.78. The van der Waals surface area contributed by atoms with Crippen molar-refractivity contribution in [3.8, 4) is 5.75 Å². The lowest BCUT2D eigenvalue weighted by molar-refractivity contribution is 0.328. The molecule has 0 aromatic heterocycles. The van der Waals surface area contributed by atoms with Crippen LogP contribution in [-0.4, -0.2) is 19.7 Å². The molecule has 0 saturated heterocycles. The van der Waals surface area contributed by atoms with Crippen molar-refractivity contribution in [3.05, 3.63) is 34.2 Å². The van der Waals surface area contributed by atoms with Gasteiger partial charge in [0.1, 0.15) is 11.4 Å². The van der Waals surface area contributed by atoms with Crippen molar-refractivity contribution >= 4 is 17.5 Å². The van der Waals surface area contributed by atoms with Crippen molar-refractivity contribution in [3.63, 3.8) is 0 Å². The van der Waals surface area contributed by atoms with Crippen LogP contribution in [0.5, 0.6) is 5.75 Å². The summed E-state index contributed by atoms with van der Waals surface area (Å²) >= 11 is 0. The summed E-state index contributed by atoms with van der Waals surface area (Å²) < 4.78 is 5.45. The van der Waals surface area contributed by atoms with Crippen LogP contribution in [0.4, 0.5) is 11.4 Å². The van der Waals surface area contributed by atoms with E-state index < -0.39 is 0 Å². The summed E-state index contributed by atoms with van der Waals surface area (Å²) in [4.78, 5) is 2.65. The second kappa shape index (κ2) is 5.70. The van der Waals surface area contributed by atoms with E-state index in [-0.39, 0.29) is 6.54 Å². The van der Waals surface area contributed by atoms with Gasteiger partial charge in [-0.1, -0.05) is 17.3 Å². The number of hydrogen-bond donors (Lipinski definition) is 2. The van der Waals surface area contributed by atoms with Crippen molar-refractivity contribution in [2.75, 3.05) is 25.0 Å². The molecule has 0 amide bonds. The first-order chi connectivity index (χ1) is 8.85. The van der Waals surface area contributed by atoms with Crippen LogP contribution >= 0.6 is 0 Å². The van der Waals surface area contributed by atoms with Crippen LogP contribution in [-0.2, 0) is 0 Å². The zero-order valence-corrected chi connectivity index (χ0v) is 9.63. The molecular formula is C11H12N6O. The van der Waals surface area contributed by atoms with Gasteiger partial charge in [0.05, 0.1) is 18.8 Å². The average molecular weight is 244 g/mol. The van der Waals surface area contributed by atoms with Crippen LogP contribution in [0.3, 0.4) is 0 Å². The Hall–Kier alpha value is -2.53. The van der Waals surface area contributed by atoms with E-state index >= 15 is 0 Å². The normalized spacial score (nSPS) is 12.0. The molecule has 0 spiro atoms. The molecule has 2 rings (SSSR count). The summed E-state index contributed by atoms with van der Waals surface area (Å²) in [7, 11) is 0. The summed E-state index contributed by atoms with van der Waals surface area (Å²) in [5.41, 5.74) is 17.6. The lowest BCUT2D eigenvalue weighted by atomic mass is 10.1. The maximum Gasteiger partial charge on any atom is 0.122 e. The maximum atomic E-state index is 8.15. The van der Waals surface area contributed by atoms with Gasteiger partial charge < -0.3 is 10.1 Å². The highest BCUT2D eigenvalue weighted by Gasteiger charge is 2.11. The molecule has 0 saturated carbocycles. The third kappa shape index (κ3) is 2.58. The Balaban J connectivity index is 2.19. The summed E-state index contributed by atoms with van der Waals surface area (Å²) in [5, 5.41) is 10.0. The van der Waals surface area contributed by atoms with E-state index in [1.165, 1.54) is 0 Å². The topological polar surface area (TPSA) is 106 Å². The number of azide groups is 1. The first-order valence-corrected chi connectivity index (χ1v) is 5.44. The Morgan fingerprint density at radius 1 is 1.50 bits per heavy atom. The molecule has 92 valence electrons. The molecular weight excluding hydrogens is 232 g/mol. The largest absolute Gasteiger partial charge is 0.493 e. The number of nitrogens with zero attached hydrogens (tertiary/aromatic N) is 4. The van der Waals surface area contributed by atoms with Crippen molar-refractivity contribution in [1.82, 2.24) is 0 Å². The molecule has 0 unspecified atom stereocenters. The molecule has 7 nitrogen and oxygen atoms in total. The molecule has 0 fully saturated rings. The van der Waals surface area contributed by atoms with E-state index in [4.69, 9.17) is 15.8 Å². The van der Waals surface area contributed by atoms with Gasteiger partial charge in [-0.15, -0.1) is 0 Å². The van der Waals surface area contributed by atoms with E-state index in [1.807, 2.05) is 18.2 Å². The van der Waals surface area contributed by atoms with Gasteiger partial charge >= 0.3 is 0 Å². The summed E-state index contributed by atoms with van der Waals surface area (Å²) in [6.07, 6.45) is 3.95. The van der Waals surface area contributed by atoms with E-state index in [9.17, 15) is 0 Å². The zero-order chi connectivity index (χ0) is 12.8. The molecule has 1 aliphatic heterocycles. The van der Waals surface area contributed by atoms with E-state index in [2.05, 4.69) is 20.5 Å². The molecule has 0 radical (unpaired) electrons. The van der Waals surface area contributed by atoms with E-state index in [0.29, 0.717) is 18.0 Å². The molecule has 0 bridgehead atoms. The Morgan fingerprint density at radius 2 is 2.39 bits per heavy atom. The summed E-state index contributed by atoms with van der Waals surface area (Å²) in [5.74, 6) is 0.612. The van der Waals surface area contributed by atoms with Gasteiger partial charge in [0.15, 0.2) is 0 Å². The number of fused-ring (bicyclic) bond motifs is 1. The minimum absolute atomic E-state index is 0.273. The van der Waals surface area contributed by atoms with Crippen molar-refractivity contribution in [2.24, 2.45) is 10.2 Å². The third-order valence-corrected chi connectivity index (χ3v) is 2.46. The van der Waals surface area contributed by atoms with Crippen LogP contribution in [0.1, 0.15) is 5.56 Å². The fourth-order valence-corrected chi connectivity index (χ4v) is 1.71. The highest BCUT2D eigenvalue weighted by Crippen LogP contribution is 2.36. The minimum Gasteiger partial charge on any atom is -0.493 e. The average Bonchev–Trinajstić information content (AvgIpc) is 2.42. The number of nitrogens with one attached hydrogen (secondary N) is 2. The number of ether oxygens (including phenoxy) is 1. The monoisotopic (exact) mass is 244 g/mol. The Bertz CT molecular complexity index is 533. The second-order valence-electron chi connectivity index (χ2n) is 3.60. The molecule has 1 aromatic carbocycles. The van der Waals surface area contributed by atoms with Crippen LogP contribution in [0.2, 0.25) is 0 Å². The summed E-state index contributed by atoms with van der Waals surface area (Å²) in [6.45, 7) is 1.30. The Labute approximate surface area is 104 Å². The first-order valence-electron chi connectivity index (χ1n) is 5.44. The molecule has 1 aliphatic rings. The number of anilines is 1. The van der Waals surface area contributed by atoms with Crippen molar-refractivity contribution in [2.45, 2.75) is 0 Å². The van der Waals surface area contributed by atoms with Gasteiger partial charge in [-0.25, -0.2) is 5.53 Å². The second-order valence-corrected chi connectivity index (χ2v) is 3.60. The number of rotatable bonds is 5. The molecule has 18 heavy (non-hydrogen) atoms. The molecule has 7 heteroatoms. The fourth-order valence-electron chi connectivity index (χ4n) is 1.71. The SMILES string of the molecule is [N-]=[N+]=NCCOc1cc2c(c(N=N)c1)NCC=C2. The highest BCUT2D eigenvalue weighted by atomic mass is 16.5. The van der Waals surface area contributed by atoms with Gasteiger partial charge in [0.2, 0.25) is 0 Å². The predicted molar refractivity (Wildman–Crippen MR) is 68.3 cm³/mol. The quantitative estimate of drug-likeness (QED) is 0.358. The summed E-state index contributed by atoms with van der Waals surface area (Å²) in [6, 6.07) is 3.55. The number of hydrogen-bond acceptors (Lipinski definition) is 5. The van der Waals surface area contributed by atoms with Crippen molar-refractivity contribution in [1.29, 1.82) is 5.53 Å². The van der Waals surface area contributed by atoms with E-state index in [1.54, 1.807) is 6.07 Å². The van der Waals surface area contributed by atoms with Gasteiger partial charge in [-0.3, -0.25) is 0 Å². The third-order valence-electron chi connectivity index (χ3n) is 2.46. The highest BCUT2D eigenvalue weighted by molar-refractivity contribution is 5.81. The standard InChI is InChI=1S/C11H12N6O/c12-16-10-7-9(18-5-4-15-17-13)6-8-2-1-3-14-11(8)10/h1-2,6-7,12,14H,3-5H2. The van der Waals surface area contributed by atoms with E-state index in [0.717, 1.165) is 17.8 Å². The first kappa shape index (κ1) is 11.9. The number of benzene rings is 1. The fraction of sp³-hybridized carbons (Fsp3) is 0.273. The van der Waals surface area contributed by atoms with Crippen molar-refractivity contribution < 1.29 is 4.74 Å².